The van der Waals surface area contributed by atoms with Crippen molar-refractivity contribution in [2.45, 2.75) is 25.8 Å². The van der Waals surface area contributed by atoms with Gasteiger partial charge in [-0.2, -0.15) is 0 Å². The number of hydrogen-bond donors (Lipinski definition) is 4. The minimum absolute atomic E-state index is 0.0315. The number of amidine groups is 1. The van der Waals surface area contributed by atoms with Crippen molar-refractivity contribution < 1.29 is 9.84 Å². The van der Waals surface area contributed by atoms with Gasteiger partial charge in [-0.05, 0) is 42.3 Å². The highest BCUT2D eigenvalue weighted by molar-refractivity contribution is 6.30. The van der Waals surface area contributed by atoms with E-state index in [1.54, 1.807) is 12.1 Å². The van der Waals surface area contributed by atoms with Crippen molar-refractivity contribution in [3.63, 3.8) is 0 Å². The maximum atomic E-state index is 8.99. The van der Waals surface area contributed by atoms with Crippen LogP contribution >= 0.6 is 11.6 Å². The number of aliphatic hydroxyl groups is 1. The molecule has 5 nitrogen and oxygen atoms in total. The number of ether oxygens (including phenoxy) is 1. The third-order valence-corrected chi connectivity index (χ3v) is 4.11. The molecule has 2 rings (SSSR count). The van der Waals surface area contributed by atoms with E-state index in [0.29, 0.717) is 12.0 Å². The average Bonchev–Trinajstić information content (AvgIpc) is 2.55. The van der Waals surface area contributed by atoms with Gasteiger partial charge in [0.15, 0.2) is 0 Å². The molecule has 0 radical (unpaired) electrons. The molecule has 0 fully saturated rings. The summed E-state index contributed by atoms with van der Waals surface area (Å²) in [4.78, 5) is 0. The zero-order valence-corrected chi connectivity index (χ0v) is 13.9. The minimum atomic E-state index is -0.157. The van der Waals surface area contributed by atoms with E-state index in [2.05, 4.69) is 12.2 Å². The summed E-state index contributed by atoms with van der Waals surface area (Å²) in [5.74, 6) is 0.814. The van der Waals surface area contributed by atoms with Crippen LogP contribution in [0.15, 0.2) is 46.7 Å². The molecule has 1 aliphatic rings. The molecule has 5 N–H and O–H groups in total. The Hall–Kier alpha value is -1.98. The molecule has 1 atom stereocenters. The molecule has 6 heteroatoms. The smallest absolute Gasteiger partial charge is 0.122 e. The molecule has 1 aliphatic carbocycles. The van der Waals surface area contributed by atoms with Crippen molar-refractivity contribution in [1.82, 2.24) is 0 Å². The molecule has 0 bridgehead atoms. The standard InChI is InChI=1S/C17H22ClN3O2/c1-2-13-14(18)7-8-15(23-10-9-22)16(13)21-12-5-3-11(4-6-12)17(19)20/h3-6,8,16,21-22H,2,7,9-10H2,1H3,(H3,19,20). The van der Waals surface area contributed by atoms with Gasteiger partial charge >= 0.3 is 0 Å². The average molecular weight is 336 g/mol. The van der Waals surface area contributed by atoms with E-state index in [9.17, 15) is 0 Å². The van der Waals surface area contributed by atoms with Crippen molar-refractivity contribution in [3.8, 4) is 0 Å². The molecule has 124 valence electrons. The lowest BCUT2D eigenvalue weighted by molar-refractivity contribution is 0.137. The zero-order chi connectivity index (χ0) is 16.8. The van der Waals surface area contributed by atoms with Gasteiger partial charge < -0.3 is 20.9 Å². The number of hydrogen-bond acceptors (Lipinski definition) is 4. The summed E-state index contributed by atoms with van der Waals surface area (Å²) in [6.45, 7) is 2.28. The molecule has 0 heterocycles. The number of rotatable bonds is 7. The molecule has 0 spiro atoms. The fourth-order valence-electron chi connectivity index (χ4n) is 2.54. The van der Waals surface area contributed by atoms with Crippen LogP contribution in [0, 0.1) is 5.41 Å². The summed E-state index contributed by atoms with van der Waals surface area (Å²) in [6, 6.07) is 7.17. The summed E-state index contributed by atoms with van der Waals surface area (Å²) in [5, 5.41) is 20.7. The molecule has 0 saturated carbocycles. The Balaban J connectivity index is 2.21. The van der Waals surface area contributed by atoms with Crippen LogP contribution in [0.2, 0.25) is 0 Å². The quantitative estimate of drug-likeness (QED) is 0.455. The van der Waals surface area contributed by atoms with E-state index in [1.165, 1.54) is 0 Å². The van der Waals surface area contributed by atoms with Gasteiger partial charge in [0.05, 0.1) is 6.61 Å². The number of nitrogens with two attached hydrogens (primary N) is 1. The highest BCUT2D eigenvalue weighted by Gasteiger charge is 2.25. The molecule has 0 saturated heterocycles. The van der Waals surface area contributed by atoms with Crippen LogP contribution in [-0.2, 0) is 4.74 Å². The molecule has 23 heavy (non-hydrogen) atoms. The fourth-order valence-corrected chi connectivity index (χ4v) is 2.86. The van der Waals surface area contributed by atoms with Crippen molar-refractivity contribution in [2.24, 2.45) is 5.73 Å². The summed E-state index contributed by atoms with van der Waals surface area (Å²) >= 11 is 6.36. The second kappa shape index (κ2) is 8.04. The van der Waals surface area contributed by atoms with E-state index in [1.807, 2.05) is 18.2 Å². The lowest BCUT2D eigenvalue weighted by Crippen LogP contribution is -2.29. The number of nitrogen functional groups attached to an aromatic ring is 1. The zero-order valence-electron chi connectivity index (χ0n) is 13.1. The van der Waals surface area contributed by atoms with E-state index >= 15 is 0 Å². The van der Waals surface area contributed by atoms with Crippen molar-refractivity contribution in [3.05, 3.63) is 52.3 Å². The number of allylic oxidation sites excluding steroid dienone is 2. The molecule has 1 aromatic carbocycles. The van der Waals surface area contributed by atoms with Crippen LogP contribution in [0.4, 0.5) is 5.69 Å². The van der Waals surface area contributed by atoms with Crippen molar-refractivity contribution in [1.29, 1.82) is 5.41 Å². The Morgan fingerprint density at radius 2 is 2.13 bits per heavy atom. The molecule has 1 aromatic rings. The fraction of sp³-hybridized carbons (Fsp3) is 0.353. The molecule has 0 aromatic heterocycles. The van der Waals surface area contributed by atoms with Crippen LogP contribution in [0.1, 0.15) is 25.3 Å². The Labute approximate surface area is 141 Å². The molecular weight excluding hydrogens is 314 g/mol. The van der Waals surface area contributed by atoms with Gasteiger partial charge in [-0.1, -0.05) is 18.5 Å². The van der Waals surface area contributed by atoms with Crippen LogP contribution in [0.25, 0.3) is 0 Å². The lowest BCUT2D eigenvalue weighted by atomic mass is 9.95. The summed E-state index contributed by atoms with van der Waals surface area (Å²) < 4.78 is 5.66. The van der Waals surface area contributed by atoms with Gasteiger partial charge in [0.1, 0.15) is 24.2 Å². The second-order valence-corrected chi connectivity index (χ2v) is 5.69. The SMILES string of the molecule is CCC1=C(Cl)CC=C(OCCO)C1Nc1ccc(C(=N)N)cc1. The highest BCUT2D eigenvalue weighted by Crippen LogP contribution is 2.32. The Kier molecular flexibility index (Phi) is 6.07. The summed E-state index contributed by atoms with van der Waals surface area (Å²) in [6.07, 6.45) is 3.40. The first kappa shape index (κ1) is 17.4. The third-order valence-electron chi connectivity index (χ3n) is 3.71. The molecule has 0 amide bonds. The highest BCUT2D eigenvalue weighted by atomic mass is 35.5. The number of benzene rings is 1. The summed E-state index contributed by atoms with van der Waals surface area (Å²) in [5.41, 5.74) is 8.11. The Morgan fingerprint density at radius 3 is 2.70 bits per heavy atom. The van der Waals surface area contributed by atoms with Gasteiger partial charge in [-0.3, -0.25) is 5.41 Å². The second-order valence-electron chi connectivity index (χ2n) is 5.23. The number of nitrogens with one attached hydrogen (secondary N) is 2. The predicted molar refractivity (Wildman–Crippen MR) is 93.8 cm³/mol. The van der Waals surface area contributed by atoms with Crippen molar-refractivity contribution in [2.75, 3.05) is 18.5 Å². The Morgan fingerprint density at radius 1 is 1.43 bits per heavy atom. The molecule has 1 unspecified atom stereocenters. The normalized spacial score (nSPS) is 17.7. The number of anilines is 1. The predicted octanol–water partition coefficient (Wildman–Crippen LogP) is 2.95. The minimum Gasteiger partial charge on any atom is -0.493 e. The van der Waals surface area contributed by atoms with Gasteiger partial charge in [0, 0.05) is 22.7 Å². The maximum absolute atomic E-state index is 8.99. The van der Waals surface area contributed by atoms with Crippen LogP contribution in [-0.4, -0.2) is 30.2 Å². The monoisotopic (exact) mass is 335 g/mol. The topological polar surface area (TPSA) is 91.4 Å². The van der Waals surface area contributed by atoms with E-state index < -0.39 is 0 Å². The van der Waals surface area contributed by atoms with E-state index in [-0.39, 0.29) is 25.1 Å². The maximum Gasteiger partial charge on any atom is 0.122 e. The van der Waals surface area contributed by atoms with Crippen molar-refractivity contribution >= 4 is 23.1 Å². The van der Waals surface area contributed by atoms with Crippen LogP contribution in [0.5, 0.6) is 0 Å². The van der Waals surface area contributed by atoms with Crippen LogP contribution < -0.4 is 11.1 Å². The van der Waals surface area contributed by atoms with E-state index in [0.717, 1.165) is 28.5 Å². The summed E-state index contributed by atoms with van der Waals surface area (Å²) in [7, 11) is 0. The first-order valence-corrected chi connectivity index (χ1v) is 7.96. The molecule has 0 aliphatic heterocycles. The molecular formula is C17H22ClN3O2. The number of aliphatic hydroxyl groups excluding tert-OH is 1. The number of halogens is 1. The first-order chi connectivity index (χ1) is 11.1. The van der Waals surface area contributed by atoms with Gasteiger partial charge in [0.25, 0.3) is 0 Å². The van der Waals surface area contributed by atoms with Crippen LogP contribution in [0.3, 0.4) is 0 Å². The van der Waals surface area contributed by atoms with E-state index in [4.69, 9.17) is 32.6 Å². The third kappa shape index (κ3) is 4.27. The van der Waals surface area contributed by atoms with Gasteiger partial charge in [-0.15, -0.1) is 0 Å². The Bertz CT molecular complexity index is 623. The lowest BCUT2D eigenvalue weighted by Gasteiger charge is -2.29. The first-order valence-electron chi connectivity index (χ1n) is 7.59. The van der Waals surface area contributed by atoms with Gasteiger partial charge in [-0.25, -0.2) is 0 Å². The van der Waals surface area contributed by atoms with Gasteiger partial charge in [0.2, 0.25) is 0 Å². The largest absolute Gasteiger partial charge is 0.493 e.